The lowest BCUT2D eigenvalue weighted by Gasteiger charge is -2.18. The molecule has 0 aliphatic heterocycles. The second-order valence-electron chi connectivity index (χ2n) is 5.81. The number of carbonyl (C=O) groups is 2. The van der Waals surface area contributed by atoms with Gasteiger partial charge in [-0.2, -0.15) is 0 Å². The summed E-state index contributed by atoms with van der Waals surface area (Å²) in [5.74, 6) is -2.81. The number of furan rings is 1. The van der Waals surface area contributed by atoms with Crippen molar-refractivity contribution in [2.75, 3.05) is 5.32 Å². The lowest BCUT2D eigenvalue weighted by Crippen LogP contribution is -2.45. The SMILES string of the molecule is O=C(N[C@@H](Cc1ccccc1)C(=O)Nc1ccc(F)cc1F)c1ccco1. The number of benzene rings is 2. The largest absolute Gasteiger partial charge is 0.459 e. The fourth-order valence-corrected chi connectivity index (χ4v) is 2.51. The Balaban J connectivity index is 1.79. The van der Waals surface area contributed by atoms with Crippen LogP contribution in [0.25, 0.3) is 0 Å². The van der Waals surface area contributed by atoms with E-state index in [-0.39, 0.29) is 17.9 Å². The fraction of sp³-hybridized carbons (Fsp3) is 0.100. The minimum atomic E-state index is -0.991. The predicted molar refractivity (Wildman–Crippen MR) is 95.1 cm³/mol. The Morgan fingerprint density at radius 2 is 1.78 bits per heavy atom. The van der Waals surface area contributed by atoms with Gasteiger partial charge in [0.15, 0.2) is 5.76 Å². The van der Waals surface area contributed by atoms with Gasteiger partial charge in [-0.05, 0) is 29.8 Å². The van der Waals surface area contributed by atoms with Crippen LogP contribution in [0.1, 0.15) is 16.1 Å². The molecule has 0 aliphatic carbocycles. The lowest BCUT2D eigenvalue weighted by atomic mass is 10.0. The molecule has 0 unspecified atom stereocenters. The number of hydrogen-bond acceptors (Lipinski definition) is 3. The Morgan fingerprint density at radius 1 is 1.00 bits per heavy atom. The van der Waals surface area contributed by atoms with E-state index in [1.54, 1.807) is 30.3 Å². The van der Waals surface area contributed by atoms with Crippen LogP contribution in [0.3, 0.4) is 0 Å². The van der Waals surface area contributed by atoms with E-state index in [9.17, 15) is 18.4 Å². The van der Waals surface area contributed by atoms with Gasteiger partial charge in [0.25, 0.3) is 5.91 Å². The van der Waals surface area contributed by atoms with Gasteiger partial charge in [0.1, 0.15) is 17.7 Å². The Bertz CT molecular complexity index is 928. The van der Waals surface area contributed by atoms with Crippen LogP contribution in [0.4, 0.5) is 14.5 Å². The maximum Gasteiger partial charge on any atom is 0.287 e. The van der Waals surface area contributed by atoms with Gasteiger partial charge in [-0.25, -0.2) is 8.78 Å². The zero-order valence-corrected chi connectivity index (χ0v) is 14.1. The molecule has 2 amide bonds. The molecular formula is C20H16F2N2O3. The highest BCUT2D eigenvalue weighted by Gasteiger charge is 2.24. The number of amides is 2. The first-order valence-electron chi connectivity index (χ1n) is 8.17. The molecule has 2 N–H and O–H groups in total. The number of rotatable bonds is 6. The fourth-order valence-electron chi connectivity index (χ4n) is 2.51. The topological polar surface area (TPSA) is 71.3 Å². The zero-order chi connectivity index (χ0) is 19.2. The molecule has 0 saturated carbocycles. The van der Waals surface area contributed by atoms with Crippen molar-refractivity contribution in [3.8, 4) is 0 Å². The van der Waals surface area contributed by atoms with Crippen molar-refractivity contribution in [3.05, 3.63) is 89.9 Å². The van der Waals surface area contributed by atoms with Gasteiger partial charge in [-0.3, -0.25) is 9.59 Å². The van der Waals surface area contributed by atoms with Crippen LogP contribution in [0, 0.1) is 11.6 Å². The number of anilines is 1. The quantitative estimate of drug-likeness (QED) is 0.697. The van der Waals surface area contributed by atoms with Gasteiger partial charge in [0, 0.05) is 12.5 Å². The van der Waals surface area contributed by atoms with E-state index >= 15 is 0 Å². The highest BCUT2D eigenvalue weighted by atomic mass is 19.1. The van der Waals surface area contributed by atoms with E-state index in [2.05, 4.69) is 10.6 Å². The van der Waals surface area contributed by atoms with Crippen molar-refractivity contribution in [3.63, 3.8) is 0 Å². The van der Waals surface area contributed by atoms with Crippen LogP contribution >= 0.6 is 0 Å². The van der Waals surface area contributed by atoms with Crippen LogP contribution in [0.15, 0.2) is 71.3 Å². The summed E-state index contributed by atoms with van der Waals surface area (Å²) in [6, 6.07) is 13.9. The van der Waals surface area contributed by atoms with Crippen LogP contribution in [0.2, 0.25) is 0 Å². The molecule has 0 fully saturated rings. The Kier molecular flexibility index (Phi) is 5.61. The van der Waals surface area contributed by atoms with Gasteiger partial charge in [0.05, 0.1) is 12.0 Å². The van der Waals surface area contributed by atoms with Gasteiger partial charge < -0.3 is 15.1 Å². The highest BCUT2D eigenvalue weighted by molar-refractivity contribution is 6.00. The Hall–Kier alpha value is -3.48. The third kappa shape index (κ3) is 4.78. The summed E-state index contributed by atoms with van der Waals surface area (Å²) in [7, 11) is 0. The molecule has 7 heteroatoms. The average Bonchev–Trinajstić information content (AvgIpc) is 3.19. The summed E-state index contributed by atoms with van der Waals surface area (Å²) in [5.41, 5.74) is 0.628. The molecule has 0 radical (unpaired) electrons. The molecule has 0 saturated heterocycles. The maximum atomic E-state index is 13.8. The average molecular weight is 370 g/mol. The van der Waals surface area contributed by atoms with Crippen LogP contribution in [-0.2, 0) is 11.2 Å². The van der Waals surface area contributed by atoms with E-state index in [4.69, 9.17) is 4.42 Å². The maximum absolute atomic E-state index is 13.8. The molecule has 5 nitrogen and oxygen atoms in total. The van der Waals surface area contributed by atoms with Gasteiger partial charge in [0.2, 0.25) is 5.91 Å². The molecule has 0 spiro atoms. The van der Waals surface area contributed by atoms with Gasteiger partial charge in [-0.15, -0.1) is 0 Å². The smallest absolute Gasteiger partial charge is 0.287 e. The molecule has 138 valence electrons. The summed E-state index contributed by atoms with van der Waals surface area (Å²) in [5, 5.41) is 4.96. The third-order valence-corrected chi connectivity index (χ3v) is 3.84. The first kappa shape index (κ1) is 18.3. The molecule has 3 rings (SSSR count). The molecule has 27 heavy (non-hydrogen) atoms. The van der Waals surface area contributed by atoms with Crippen molar-refractivity contribution >= 4 is 17.5 Å². The van der Waals surface area contributed by atoms with E-state index in [0.717, 1.165) is 17.7 Å². The second kappa shape index (κ2) is 8.27. The Labute approximate surface area is 154 Å². The van der Waals surface area contributed by atoms with E-state index in [1.165, 1.54) is 12.3 Å². The second-order valence-corrected chi connectivity index (χ2v) is 5.81. The molecule has 3 aromatic rings. The molecule has 1 heterocycles. The number of halogens is 2. The zero-order valence-electron chi connectivity index (χ0n) is 14.1. The van der Waals surface area contributed by atoms with Gasteiger partial charge in [-0.1, -0.05) is 30.3 Å². The molecule has 1 atom stereocenters. The summed E-state index contributed by atoms with van der Waals surface area (Å²) < 4.78 is 31.9. The van der Waals surface area contributed by atoms with Crippen LogP contribution in [-0.4, -0.2) is 17.9 Å². The highest BCUT2D eigenvalue weighted by Crippen LogP contribution is 2.16. The Morgan fingerprint density at radius 3 is 2.44 bits per heavy atom. The lowest BCUT2D eigenvalue weighted by molar-refractivity contribution is -0.118. The van der Waals surface area contributed by atoms with E-state index in [0.29, 0.717) is 6.07 Å². The standard InChI is InChI=1S/C20H16F2N2O3/c21-14-8-9-16(15(22)12-14)23-19(25)17(11-13-5-2-1-3-6-13)24-20(26)18-7-4-10-27-18/h1-10,12,17H,11H2,(H,23,25)(H,24,26)/t17-/m0/s1. The monoisotopic (exact) mass is 370 g/mol. The molecular weight excluding hydrogens is 354 g/mol. The van der Waals surface area contributed by atoms with Crippen LogP contribution in [0.5, 0.6) is 0 Å². The first-order chi connectivity index (χ1) is 13.0. The number of nitrogens with one attached hydrogen (secondary N) is 2. The minimum Gasteiger partial charge on any atom is -0.459 e. The van der Waals surface area contributed by atoms with Crippen molar-refractivity contribution in [1.82, 2.24) is 5.32 Å². The van der Waals surface area contributed by atoms with E-state index in [1.807, 2.05) is 6.07 Å². The first-order valence-corrected chi connectivity index (χ1v) is 8.17. The summed E-state index contributed by atoms with van der Waals surface area (Å²) in [6.07, 6.45) is 1.52. The van der Waals surface area contributed by atoms with E-state index < -0.39 is 29.5 Å². The normalized spacial score (nSPS) is 11.6. The third-order valence-electron chi connectivity index (χ3n) is 3.84. The van der Waals surface area contributed by atoms with Crippen LogP contribution < -0.4 is 10.6 Å². The summed E-state index contributed by atoms with van der Waals surface area (Å²) >= 11 is 0. The van der Waals surface area contributed by atoms with Crippen molar-refractivity contribution < 1.29 is 22.8 Å². The van der Waals surface area contributed by atoms with Crippen molar-refractivity contribution in [1.29, 1.82) is 0 Å². The van der Waals surface area contributed by atoms with Crippen molar-refractivity contribution in [2.45, 2.75) is 12.5 Å². The number of hydrogen-bond donors (Lipinski definition) is 2. The molecule has 2 aromatic carbocycles. The van der Waals surface area contributed by atoms with Gasteiger partial charge >= 0.3 is 0 Å². The summed E-state index contributed by atoms with van der Waals surface area (Å²) in [4.78, 5) is 24.9. The predicted octanol–water partition coefficient (Wildman–Crippen LogP) is 3.54. The minimum absolute atomic E-state index is 0.0498. The molecule has 1 aromatic heterocycles. The molecule has 0 bridgehead atoms. The molecule has 0 aliphatic rings. The summed E-state index contributed by atoms with van der Waals surface area (Å²) in [6.45, 7) is 0. The number of carbonyl (C=O) groups excluding carboxylic acids is 2. The van der Waals surface area contributed by atoms with Crippen molar-refractivity contribution in [2.24, 2.45) is 0 Å².